The van der Waals surface area contributed by atoms with Crippen molar-refractivity contribution in [2.24, 2.45) is 0 Å². The fraction of sp³-hybridized carbons (Fsp3) is 0.250. The molecule has 3 N–H and O–H groups in total. The molecule has 6 nitrogen and oxygen atoms in total. The van der Waals surface area contributed by atoms with Gasteiger partial charge in [-0.15, -0.1) is 0 Å². The second kappa shape index (κ2) is 5.27. The van der Waals surface area contributed by atoms with Gasteiger partial charge >= 0.3 is 5.97 Å². The maximum absolute atomic E-state index is 11.8. The number of anilines is 1. The molecule has 1 heterocycles. The van der Waals surface area contributed by atoms with E-state index in [1.807, 2.05) is 0 Å². The summed E-state index contributed by atoms with van der Waals surface area (Å²) in [5.41, 5.74) is 0.356. The summed E-state index contributed by atoms with van der Waals surface area (Å²) in [4.78, 5) is 33.6. The number of rotatable bonds is 3. The molecule has 0 bridgehead atoms. The van der Waals surface area contributed by atoms with Gasteiger partial charge in [-0.1, -0.05) is 11.6 Å². The number of hydrogen-bond acceptors (Lipinski definition) is 3. The van der Waals surface area contributed by atoms with Crippen molar-refractivity contribution in [1.29, 1.82) is 0 Å². The molecule has 0 spiro atoms. The van der Waals surface area contributed by atoms with E-state index in [0.29, 0.717) is 18.5 Å². The number of halogens is 1. The molecule has 1 aromatic rings. The van der Waals surface area contributed by atoms with Gasteiger partial charge in [0.15, 0.2) is 0 Å². The van der Waals surface area contributed by atoms with Crippen LogP contribution in [0.1, 0.15) is 23.2 Å². The minimum Gasteiger partial charge on any atom is -0.478 e. The van der Waals surface area contributed by atoms with Crippen molar-refractivity contribution in [2.45, 2.75) is 18.9 Å². The number of aromatic carboxylic acids is 1. The molecule has 0 aromatic heterocycles. The van der Waals surface area contributed by atoms with Crippen LogP contribution in [0.3, 0.4) is 0 Å². The summed E-state index contributed by atoms with van der Waals surface area (Å²) in [5, 5.41) is 14.0. The molecular formula is C12H11ClN2O4. The number of carboxylic acid groups (broad SMARTS) is 1. The van der Waals surface area contributed by atoms with Gasteiger partial charge in [0.1, 0.15) is 6.04 Å². The Balaban J connectivity index is 2.07. The molecule has 2 amide bonds. The van der Waals surface area contributed by atoms with E-state index in [1.54, 1.807) is 0 Å². The molecule has 1 atom stereocenters. The molecule has 1 aromatic carbocycles. The number of amides is 2. The van der Waals surface area contributed by atoms with E-state index in [-0.39, 0.29) is 22.4 Å². The molecule has 2 rings (SSSR count). The van der Waals surface area contributed by atoms with Crippen LogP contribution in [-0.2, 0) is 9.59 Å². The van der Waals surface area contributed by atoms with Gasteiger partial charge in [0.05, 0.1) is 10.6 Å². The normalized spacial score (nSPS) is 17.9. The van der Waals surface area contributed by atoms with Gasteiger partial charge < -0.3 is 15.7 Å². The number of nitrogens with one attached hydrogen (secondary N) is 2. The van der Waals surface area contributed by atoms with Crippen LogP contribution in [0, 0.1) is 0 Å². The molecule has 100 valence electrons. The smallest absolute Gasteiger partial charge is 0.337 e. The van der Waals surface area contributed by atoms with Crippen molar-refractivity contribution in [3.63, 3.8) is 0 Å². The second-order valence-electron chi connectivity index (χ2n) is 4.15. The average molecular weight is 283 g/mol. The summed E-state index contributed by atoms with van der Waals surface area (Å²) in [6.45, 7) is 0. The average Bonchev–Trinajstić information content (AvgIpc) is 2.75. The van der Waals surface area contributed by atoms with Gasteiger partial charge in [-0.2, -0.15) is 0 Å². The number of carbonyl (C=O) groups excluding carboxylic acids is 2. The molecule has 0 radical (unpaired) electrons. The summed E-state index contributed by atoms with van der Waals surface area (Å²) in [6, 6.07) is 3.57. The highest BCUT2D eigenvalue weighted by Gasteiger charge is 2.27. The zero-order valence-corrected chi connectivity index (χ0v) is 10.5. The Hall–Kier alpha value is -2.08. The number of carbonyl (C=O) groups is 3. The van der Waals surface area contributed by atoms with Gasteiger partial charge in [0, 0.05) is 12.1 Å². The van der Waals surface area contributed by atoms with Crippen LogP contribution in [0.25, 0.3) is 0 Å². The van der Waals surface area contributed by atoms with Crippen LogP contribution < -0.4 is 10.6 Å². The lowest BCUT2D eigenvalue weighted by Gasteiger charge is -2.11. The number of benzene rings is 1. The third kappa shape index (κ3) is 3.03. The number of hydrogen-bond donors (Lipinski definition) is 3. The third-order valence-corrected chi connectivity index (χ3v) is 3.09. The van der Waals surface area contributed by atoms with Crippen molar-refractivity contribution in [3.8, 4) is 0 Å². The lowest BCUT2D eigenvalue weighted by atomic mass is 10.2. The zero-order valence-electron chi connectivity index (χ0n) is 9.77. The summed E-state index contributed by atoms with van der Waals surface area (Å²) in [6.07, 6.45) is 0.780. The highest BCUT2D eigenvalue weighted by Crippen LogP contribution is 2.21. The van der Waals surface area contributed by atoms with Gasteiger partial charge in [0.25, 0.3) is 0 Å². The molecule has 19 heavy (non-hydrogen) atoms. The Kier molecular flexibility index (Phi) is 3.71. The number of carboxylic acids is 1. The first kappa shape index (κ1) is 13.4. The first-order chi connectivity index (χ1) is 8.97. The maximum Gasteiger partial charge on any atom is 0.337 e. The van der Waals surface area contributed by atoms with E-state index in [4.69, 9.17) is 16.7 Å². The van der Waals surface area contributed by atoms with Gasteiger partial charge in [-0.25, -0.2) is 4.79 Å². The fourth-order valence-electron chi connectivity index (χ4n) is 1.81. The molecule has 1 fully saturated rings. The molecule has 0 unspecified atom stereocenters. The van der Waals surface area contributed by atoms with Crippen LogP contribution in [0.15, 0.2) is 18.2 Å². The lowest BCUT2D eigenvalue weighted by molar-refractivity contribution is -0.122. The van der Waals surface area contributed by atoms with E-state index >= 15 is 0 Å². The van der Waals surface area contributed by atoms with Gasteiger partial charge in [0.2, 0.25) is 11.8 Å². The topological polar surface area (TPSA) is 95.5 Å². The molecule has 1 aliphatic heterocycles. The van der Waals surface area contributed by atoms with Crippen molar-refractivity contribution in [2.75, 3.05) is 5.32 Å². The molecular weight excluding hydrogens is 272 g/mol. The highest BCUT2D eigenvalue weighted by molar-refractivity contribution is 6.33. The van der Waals surface area contributed by atoms with E-state index in [0.717, 1.165) is 0 Å². The second-order valence-corrected chi connectivity index (χ2v) is 4.56. The van der Waals surface area contributed by atoms with Crippen molar-refractivity contribution < 1.29 is 19.5 Å². The fourth-order valence-corrected chi connectivity index (χ4v) is 2.07. The predicted molar refractivity (Wildman–Crippen MR) is 68.2 cm³/mol. The van der Waals surface area contributed by atoms with Crippen LogP contribution in [0.2, 0.25) is 5.02 Å². The predicted octanol–water partition coefficient (Wildman–Crippen LogP) is 1.26. The van der Waals surface area contributed by atoms with Crippen LogP contribution in [0.5, 0.6) is 0 Å². The maximum atomic E-state index is 11.8. The van der Waals surface area contributed by atoms with Gasteiger partial charge in [-0.3, -0.25) is 9.59 Å². The third-order valence-electron chi connectivity index (χ3n) is 2.78. The summed E-state index contributed by atoms with van der Waals surface area (Å²) in [7, 11) is 0. The first-order valence-electron chi connectivity index (χ1n) is 5.60. The standard InChI is InChI=1S/C12H11ClN2O4/c13-8-5-6(1-2-7(8)12(18)19)14-11(17)9-3-4-10(16)15-9/h1-2,5,9H,3-4H2,(H,14,17)(H,15,16)(H,18,19)/t9-/m0/s1. The summed E-state index contributed by atoms with van der Waals surface area (Å²) < 4.78 is 0. The largest absolute Gasteiger partial charge is 0.478 e. The SMILES string of the molecule is O=C1CC[C@@H](C(=O)Nc2ccc(C(=O)O)c(Cl)c2)N1. The minimum absolute atomic E-state index is 0.0335. The Bertz CT molecular complexity index is 559. The van der Waals surface area contributed by atoms with E-state index in [1.165, 1.54) is 18.2 Å². The minimum atomic E-state index is -1.13. The van der Waals surface area contributed by atoms with E-state index in [9.17, 15) is 14.4 Å². The summed E-state index contributed by atoms with van der Waals surface area (Å²) >= 11 is 5.79. The van der Waals surface area contributed by atoms with Crippen LogP contribution in [0.4, 0.5) is 5.69 Å². The Labute approximate surface area is 113 Å². The Morgan fingerprint density at radius 1 is 1.42 bits per heavy atom. The van der Waals surface area contributed by atoms with Crippen molar-refractivity contribution in [3.05, 3.63) is 28.8 Å². The molecule has 1 aliphatic rings. The zero-order chi connectivity index (χ0) is 14.0. The highest BCUT2D eigenvalue weighted by atomic mass is 35.5. The quantitative estimate of drug-likeness (QED) is 0.777. The van der Waals surface area contributed by atoms with E-state index in [2.05, 4.69) is 10.6 Å². The van der Waals surface area contributed by atoms with Crippen LogP contribution in [-0.4, -0.2) is 28.9 Å². The molecule has 1 saturated heterocycles. The Morgan fingerprint density at radius 2 is 2.16 bits per heavy atom. The van der Waals surface area contributed by atoms with E-state index < -0.39 is 12.0 Å². The van der Waals surface area contributed by atoms with Gasteiger partial charge in [-0.05, 0) is 24.6 Å². The molecule has 0 aliphatic carbocycles. The summed E-state index contributed by atoms with van der Waals surface area (Å²) in [5.74, 6) is -1.63. The Morgan fingerprint density at radius 3 is 2.68 bits per heavy atom. The van der Waals surface area contributed by atoms with Crippen molar-refractivity contribution in [1.82, 2.24) is 5.32 Å². The first-order valence-corrected chi connectivity index (χ1v) is 5.98. The van der Waals surface area contributed by atoms with Crippen LogP contribution >= 0.6 is 11.6 Å². The van der Waals surface area contributed by atoms with Crippen molar-refractivity contribution >= 4 is 35.1 Å². The molecule has 0 saturated carbocycles. The molecule has 7 heteroatoms. The lowest BCUT2D eigenvalue weighted by Crippen LogP contribution is -2.37. The monoisotopic (exact) mass is 282 g/mol.